The summed E-state index contributed by atoms with van der Waals surface area (Å²) in [6.45, 7) is 1.81. The number of amides is 2. The molecule has 1 aromatic heterocycles. The van der Waals surface area contributed by atoms with Gasteiger partial charge in [-0.15, -0.1) is 0 Å². The molecule has 2 amide bonds. The van der Waals surface area contributed by atoms with Crippen LogP contribution in [0.3, 0.4) is 0 Å². The molecule has 4 N–H and O–H groups in total. The third-order valence-corrected chi connectivity index (χ3v) is 7.49. The number of hydrogen-bond acceptors (Lipinski definition) is 5. The zero-order valence-electron chi connectivity index (χ0n) is 18.6. The highest BCUT2D eigenvalue weighted by atomic mass is 79.9. The number of halogens is 3. The van der Waals surface area contributed by atoms with Crippen LogP contribution < -0.4 is 10.6 Å². The summed E-state index contributed by atoms with van der Waals surface area (Å²) in [5.74, 6) is -2.75. The number of rotatable bonds is 7. The lowest BCUT2D eigenvalue weighted by molar-refractivity contribution is -0.137. The van der Waals surface area contributed by atoms with Crippen molar-refractivity contribution in [2.75, 3.05) is 10.6 Å². The van der Waals surface area contributed by atoms with Crippen LogP contribution in [0.5, 0.6) is 0 Å². The Morgan fingerprint density at radius 2 is 1.42 bits per heavy atom. The summed E-state index contributed by atoms with van der Waals surface area (Å²) in [6, 6.07) is 18.3. The average molecular weight is 686 g/mol. The molecule has 0 saturated heterocycles. The maximum atomic E-state index is 12.0. The molecule has 9 nitrogen and oxygen atoms in total. The lowest BCUT2D eigenvalue weighted by Crippen LogP contribution is -2.34. The van der Waals surface area contributed by atoms with Crippen LogP contribution in [0.4, 0.5) is 11.5 Å². The van der Waals surface area contributed by atoms with Crippen LogP contribution in [0.1, 0.15) is 26.4 Å². The van der Waals surface area contributed by atoms with Gasteiger partial charge in [-0.2, -0.15) is 0 Å². The minimum absolute atomic E-state index is 0.0346. The highest BCUT2D eigenvalue weighted by Gasteiger charge is 2.29. The van der Waals surface area contributed by atoms with Gasteiger partial charge in [0.1, 0.15) is 15.5 Å². The Balaban J connectivity index is 0.000000255. The topological polar surface area (TPSA) is 146 Å². The first-order valence-corrected chi connectivity index (χ1v) is 12.8. The van der Waals surface area contributed by atoms with E-state index in [1.54, 1.807) is 61.5 Å². The second-order valence-corrected chi connectivity index (χ2v) is 10.00. The predicted molar refractivity (Wildman–Crippen MR) is 146 cm³/mol. The van der Waals surface area contributed by atoms with E-state index in [0.29, 0.717) is 11.5 Å². The van der Waals surface area contributed by atoms with Crippen LogP contribution in [0.15, 0.2) is 71.2 Å². The number of aromatic nitrogens is 1. The number of hydrogen-bond donors (Lipinski definition) is 4. The molecule has 2 unspecified atom stereocenters. The molecule has 3 rings (SSSR count). The van der Waals surface area contributed by atoms with Crippen LogP contribution in [0.2, 0.25) is 0 Å². The first-order chi connectivity index (χ1) is 17.0. The van der Waals surface area contributed by atoms with Crippen LogP contribution in [0, 0.1) is 6.92 Å². The number of carboxylic acids is 2. The first-order valence-electron chi connectivity index (χ1n) is 10.1. The fourth-order valence-corrected chi connectivity index (χ4v) is 3.51. The number of alkyl halides is 2. The molecule has 3 aromatic rings. The van der Waals surface area contributed by atoms with Gasteiger partial charge in [0.15, 0.2) is 0 Å². The minimum Gasteiger partial charge on any atom is -0.480 e. The molecule has 0 spiro atoms. The zero-order chi connectivity index (χ0) is 26.8. The molecular formula is C24H20Br3N3O6. The number of carboxylic acid groups (broad SMARTS) is 2. The molecule has 2 aromatic carbocycles. The predicted octanol–water partition coefficient (Wildman–Crippen LogP) is 5.34. The molecule has 0 saturated carbocycles. The van der Waals surface area contributed by atoms with Crippen molar-refractivity contribution in [3.8, 4) is 0 Å². The quantitative estimate of drug-likeness (QED) is 0.246. The van der Waals surface area contributed by atoms with Crippen molar-refractivity contribution >= 4 is 83.0 Å². The highest BCUT2D eigenvalue weighted by Crippen LogP contribution is 2.19. The van der Waals surface area contributed by atoms with Gasteiger partial charge >= 0.3 is 11.9 Å². The Bertz CT molecular complexity index is 1250. The standard InChI is InChI=1S/C14H12N2O3.C10H8Br3NO3/c1-9-5-4-8-12(15-9)16-13(17)10-6-2-3-7-11(10)14(18)19;11-5-1-3-6(4-2-5)14-9(15)7(12)8(13)10(16)17/h2-8H,1H3,(H,18,19)(H,15,16,17);1-4,7-8H,(H,14,15)(H,16,17). The van der Waals surface area contributed by atoms with E-state index in [9.17, 15) is 19.2 Å². The van der Waals surface area contributed by atoms with E-state index >= 15 is 0 Å². The van der Waals surface area contributed by atoms with Crippen molar-refractivity contribution in [1.29, 1.82) is 0 Å². The number of pyridine rings is 1. The van der Waals surface area contributed by atoms with Crippen molar-refractivity contribution in [2.45, 2.75) is 16.6 Å². The van der Waals surface area contributed by atoms with Crippen LogP contribution in [-0.4, -0.2) is 48.6 Å². The number of benzene rings is 2. The van der Waals surface area contributed by atoms with E-state index in [1.165, 1.54) is 12.1 Å². The fraction of sp³-hybridized carbons (Fsp3) is 0.125. The van der Waals surface area contributed by atoms with Gasteiger partial charge in [0, 0.05) is 15.9 Å². The maximum absolute atomic E-state index is 12.0. The van der Waals surface area contributed by atoms with Gasteiger partial charge in [-0.1, -0.05) is 66.0 Å². The molecule has 0 aliphatic rings. The summed E-state index contributed by atoms with van der Waals surface area (Å²) in [4.78, 5) is 47.7. The zero-order valence-corrected chi connectivity index (χ0v) is 23.4. The largest absolute Gasteiger partial charge is 0.480 e. The number of aliphatic carboxylic acids is 1. The monoisotopic (exact) mass is 683 g/mol. The normalized spacial score (nSPS) is 11.8. The van der Waals surface area contributed by atoms with Crippen molar-refractivity contribution < 1.29 is 29.4 Å². The molecule has 0 radical (unpaired) electrons. The Morgan fingerprint density at radius 1 is 0.806 bits per heavy atom. The van der Waals surface area contributed by atoms with Gasteiger partial charge in [0.05, 0.1) is 11.1 Å². The number of aryl methyl sites for hydroxylation is 1. The van der Waals surface area contributed by atoms with Gasteiger partial charge in [-0.05, 0) is 55.5 Å². The number of carbonyl (C=O) groups excluding carboxylic acids is 2. The van der Waals surface area contributed by atoms with E-state index < -0.39 is 33.4 Å². The molecular weight excluding hydrogens is 666 g/mol. The Labute approximate surface area is 231 Å². The van der Waals surface area contributed by atoms with Gasteiger partial charge in [-0.25, -0.2) is 9.78 Å². The summed E-state index contributed by atoms with van der Waals surface area (Å²) in [5, 5.41) is 23.0. The number of nitrogens with zero attached hydrogens (tertiary/aromatic N) is 1. The maximum Gasteiger partial charge on any atom is 0.336 e. The molecule has 36 heavy (non-hydrogen) atoms. The second-order valence-electron chi connectivity index (χ2n) is 7.11. The van der Waals surface area contributed by atoms with Crippen molar-refractivity contribution in [2.24, 2.45) is 0 Å². The number of nitrogens with one attached hydrogen (secondary N) is 2. The average Bonchev–Trinajstić information content (AvgIpc) is 2.84. The Morgan fingerprint density at radius 3 is 1.97 bits per heavy atom. The van der Waals surface area contributed by atoms with Crippen LogP contribution >= 0.6 is 47.8 Å². The van der Waals surface area contributed by atoms with Crippen molar-refractivity contribution in [1.82, 2.24) is 4.98 Å². The third-order valence-electron chi connectivity index (χ3n) is 4.39. The van der Waals surface area contributed by atoms with Crippen molar-refractivity contribution in [3.05, 3.63) is 88.0 Å². The fourth-order valence-electron chi connectivity index (χ4n) is 2.67. The van der Waals surface area contributed by atoms with Gasteiger partial charge < -0.3 is 20.8 Å². The Hall–Kier alpha value is -3.09. The summed E-state index contributed by atoms with van der Waals surface area (Å²) in [5.41, 5.74) is 1.45. The second kappa shape index (κ2) is 13.9. The summed E-state index contributed by atoms with van der Waals surface area (Å²) in [6.07, 6.45) is 0. The summed E-state index contributed by atoms with van der Waals surface area (Å²) >= 11 is 9.23. The molecule has 12 heteroatoms. The molecule has 0 aliphatic heterocycles. The molecule has 188 valence electrons. The molecule has 0 fully saturated rings. The minimum atomic E-state index is -1.14. The van der Waals surface area contributed by atoms with E-state index in [2.05, 4.69) is 63.4 Å². The van der Waals surface area contributed by atoms with E-state index in [1.807, 2.05) is 0 Å². The first kappa shape index (κ1) is 29.1. The molecule has 2 atom stereocenters. The van der Waals surface area contributed by atoms with Crippen molar-refractivity contribution in [3.63, 3.8) is 0 Å². The lowest BCUT2D eigenvalue weighted by atomic mass is 10.1. The third kappa shape index (κ3) is 8.85. The molecule has 0 aliphatic carbocycles. The van der Waals surface area contributed by atoms with E-state index in [-0.39, 0.29) is 11.1 Å². The Kier molecular flexibility index (Phi) is 11.2. The number of carbonyl (C=O) groups is 4. The van der Waals surface area contributed by atoms with Gasteiger partial charge in [0.25, 0.3) is 5.91 Å². The van der Waals surface area contributed by atoms with Crippen LogP contribution in [-0.2, 0) is 9.59 Å². The van der Waals surface area contributed by atoms with E-state index in [0.717, 1.165) is 10.2 Å². The summed E-state index contributed by atoms with van der Waals surface area (Å²) < 4.78 is 0.898. The van der Waals surface area contributed by atoms with Gasteiger partial charge in [-0.3, -0.25) is 14.4 Å². The summed E-state index contributed by atoms with van der Waals surface area (Å²) in [7, 11) is 0. The number of anilines is 2. The molecule has 0 bridgehead atoms. The smallest absolute Gasteiger partial charge is 0.336 e. The molecule has 1 heterocycles. The number of aromatic carboxylic acids is 1. The van der Waals surface area contributed by atoms with Gasteiger partial charge in [0.2, 0.25) is 5.91 Å². The van der Waals surface area contributed by atoms with E-state index in [4.69, 9.17) is 10.2 Å². The highest BCUT2D eigenvalue weighted by molar-refractivity contribution is 9.12. The van der Waals surface area contributed by atoms with Crippen LogP contribution in [0.25, 0.3) is 0 Å². The lowest BCUT2D eigenvalue weighted by Gasteiger charge is -2.13. The SMILES string of the molecule is Cc1cccc(NC(=O)c2ccccc2C(=O)O)n1.O=C(O)C(Br)C(Br)C(=O)Nc1ccc(Br)cc1.